The summed E-state index contributed by atoms with van der Waals surface area (Å²) in [6.07, 6.45) is 2.40. The average Bonchev–Trinajstić information content (AvgIpc) is 3.26. The van der Waals surface area contributed by atoms with Crippen molar-refractivity contribution in [1.82, 2.24) is 10.2 Å². The van der Waals surface area contributed by atoms with Crippen LogP contribution in [-0.4, -0.2) is 23.9 Å². The Bertz CT molecular complexity index is 927. The number of carbonyl (C=O) groups is 1. The molecule has 1 aliphatic rings. The standard InChI is InChI=1S/C24H25FN2O2/c25-22-9-4-6-18(12-22)15-27-16-20(19-7-2-1-3-8-19)13-21(17-27)24(28)26-14-23-10-5-11-29-23/h1-12,20-21H,13-17H2,(H,26,28). The van der Waals surface area contributed by atoms with Crippen LogP contribution in [0.1, 0.15) is 29.2 Å². The molecule has 1 aliphatic heterocycles. The molecule has 0 bridgehead atoms. The zero-order valence-electron chi connectivity index (χ0n) is 16.3. The molecule has 0 spiro atoms. The number of piperidine rings is 1. The average molecular weight is 392 g/mol. The zero-order chi connectivity index (χ0) is 20.1. The Morgan fingerprint density at radius 2 is 1.93 bits per heavy atom. The number of nitrogens with one attached hydrogen (secondary N) is 1. The van der Waals surface area contributed by atoms with Crippen molar-refractivity contribution in [1.29, 1.82) is 0 Å². The second kappa shape index (κ2) is 9.05. The van der Waals surface area contributed by atoms with E-state index in [0.29, 0.717) is 19.6 Å². The number of likely N-dealkylation sites (tertiary alicyclic amines) is 1. The van der Waals surface area contributed by atoms with Gasteiger partial charge in [0.2, 0.25) is 5.91 Å². The monoisotopic (exact) mass is 392 g/mol. The highest BCUT2D eigenvalue weighted by Crippen LogP contribution is 2.31. The summed E-state index contributed by atoms with van der Waals surface area (Å²) < 4.78 is 18.9. The first-order valence-electron chi connectivity index (χ1n) is 9.99. The molecule has 2 heterocycles. The highest BCUT2D eigenvalue weighted by atomic mass is 19.1. The van der Waals surface area contributed by atoms with Crippen LogP contribution in [0.5, 0.6) is 0 Å². The van der Waals surface area contributed by atoms with Crippen LogP contribution in [0, 0.1) is 11.7 Å². The van der Waals surface area contributed by atoms with E-state index in [2.05, 4.69) is 22.3 Å². The fraction of sp³-hybridized carbons (Fsp3) is 0.292. The van der Waals surface area contributed by atoms with Gasteiger partial charge in [-0.25, -0.2) is 4.39 Å². The summed E-state index contributed by atoms with van der Waals surface area (Å²) in [6.45, 7) is 2.53. The summed E-state index contributed by atoms with van der Waals surface area (Å²) >= 11 is 0. The molecule has 2 unspecified atom stereocenters. The summed E-state index contributed by atoms with van der Waals surface area (Å²) in [5, 5.41) is 3.00. The lowest BCUT2D eigenvalue weighted by Crippen LogP contribution is -2.45. The van der Waals surface area contributed by atoms with E-state index in [4.69, 9.17) is 4.42 Å². The largest absolute Gasteiger partial charge is 0.467 e. The van der Waals surface area contributed by atoms with E-state index >= 15 is 0 Å². The van der Waals surface area contributed by atoms with Gasteiger partial charge < -0.3 is 9.73 Å². The Balaban J connectivity index is 1.48. The van der Waals surface area contributed by atoms with E-state index in [1.54, 1.807) is 18.4 Å². The van der Waals surface area contributed by atoms with Gasteiger partial charge in [0.25, 0.3) is 0 Å². The lowest BCUT2D eigenvalue weighted by atomic mass is 9.84. The third kappa shape index (κ3) is 5.12. The Morgan fingerprint density at radius 1 is 1.07 bits per heavy atom. The van der Waals surface area contributed by atoms with Crippen molar-refractivity contribution in [3.05, 3.63) is 95.7 Å². The summed E-state index contributed by atoms with van der Waals surface area (Å²) in [6, 6.07) is 20.7. The van der Waals surface area contributed by atoms with Gasteiger partial charge in [0.1, 0.15) is 11.6 Å². The van der Waals surface area contributed by atoms with Crippen molar-refractivity contribution in [2.75, 3.05) is 13.1 Å². The first-order chi connectivity index (χ1) is 14.2. The maximum Gasteiger partial charge on any atom is 0.224 e. The lowest BCUT2D eigenvalue weighted by Gasteiger charge is -2.37. The normalized spacial score (nSPS) is 19.8. The van der Waals surface area contributed by atoms with Crippen molar-refractivity contribution < 1.29 is 13.6 Å². The first kappa shape index (κ1) is 19.4. The molecule has 5 heteroatoms. The van der Waals surface area contributed by atoms with Crippen molar-refractivity contribution >= 4 is 5.91 Å². The van der Waals surface area contributed by atoms with Gasteiger partial charge in [-0.3, -0.25) is 9.69 Å². The number of hydrogen-bond acceptors (Lipinski definition) is 3. The van der Waals surface area contributed by atoms with Gasteiger partial charge in [0.05, 0.1) is 18.7 Å². The number of amides is 1. The predicted molar refractivity (Wildman–Crippen MR) is 110 cm³/mol. The number of halogens is 1. The number of benzene rings is 2. The van der Waals surface area contributed by atoms with E-state index in [1.165, 1.54) is 11.6 Å². The first-order valence-corrected chi connectivity index (χ1v) is 9.99. The second-order valence-corrected chi connectivity index (χ2v) is 7.66. The van der Waals surface area contributed by atoms with Gasteiger partial charge in [-0.2, -0.15) is 0 Å². The molecular weight excluding hydrogens is 367 g/mol. The Hall–Kier alpha value is -2.92. The number of carbonyl (C=O) groups excluding carboxylic acids is 1. The van der Waals surface area contributed by atoms with Crippen molar-refractivity contribution in [2.45, 2.75) is 25.4 Å². The molecule has 0 aliphatic carbocycles. The third-order valence-electron chi connectivity index (χ3n) is 5.48. The van der Waals surface area contributed by atoms with E-state index in [9.17, 15) is 9.18 Å². The quantitative estimate of drug-likeness (QED) is 0.679. The predicted octanol–water partition coefficient (Wildman–Crippen LogP) is 4.34. The van der Waals surface area contributed by atoms with Gasteiger partial charge in [-0.1, -0.05) is 42.5 Å². The maximum atomic E-state index is 13.6. The van der Waals surface area contributed by atoms with Crippen LogP contribution in [-0.2, 0) is 17.9 Å². The van der Waals surface area contributed by atoms with Crippen LogP contribution >= 0.6 is 0 Å². The summed E-state index contributed by atoms with van der Waals surface area (Å²) in [5.74, 6) is 0.680. The minimum atomic E-state index is -0.230. The zero-order valence-corrected chi connectivity index (χ0v) is 16.3. The lowest BCUT2D eigenvalue weighted by molar-refractivity contribution is -0.127. The van der Waals surface area contributed by atoms with Crippen LogP contribution in [0.4, 0.5) is 4.39 Å². The van der Waals surface area contributed by atoms with E-state index in [0.717, 1.165) is 24.3 Å². The molecule has 3 aromatic rings. The third-order valence-corrected chi connectivity index (χ3v) is 5.48. The highest BCUT2D eigenvalue weighted by Gasteiger charge is 2.32. The summed E-state index contributed by atoms with van der Waals surface area (Å²) in [7, 11) is 0. The van der Waals surface area contributed by atoms with Crippen molar-refractivity contribution in [3.63, 3.8) is 0 Å². The molecule has 1 fully saturated rings. The minimum absolute atomic E-state index is 0.0336. The number of nitrogens with zero attached hydrogens (tertiary/aromatic N) is 1. The van der Waals surface area contributed by atoms with Crippen molar-refractivity contribution in [2.24, 2.45) is 5.92 Å². The molecule has 29 heavy (non-hydrogen) atoms. The van der Waals surface area contributed by atoms with Crippen LogP contribution < -0.4 is 5.32 Å². The van der Waals surface area contributed by atoms with Gasteiger partial charge in [-0.15, -0.1) is 0 Å². The molecule has 2 aromatic carbocycles. The smallest absolute Gasteiger partial charge is 0.224 e. The number of furan rings is 1. The highest BCUT2D eigenvalue weighted by molar-refractivity contribution is 5.79. The molecule has 4 nitrogen and oxygen atoms in total. The topological polar surface area (TPSA) is 45.5 Å². The van der Waals surface area contributed by atoms with Crippen molar-refractivity contribution in [3.8, 4) is 0 Å². The summed E-state index contributed by atoms with van der Waals surface area (Å²) in [4.78, 5) is 15.1. The molecule has 1 aromatic heterocycles. The van der Waals surface area contributed by atoms with Crippen LogP contribution in [0.2, 0.25) is 0 Å². The second-order valence-electron chi connectivity index (χ2n) is 7.66. The molecule has 0 radical (unpaired) electrons. The fourth-order valence-electron chi connectivity index (χ4n) is 4.10. The van der Waals surface area contributed by atoms with E-state index in [1.807, 2.05) is 36.4 Å². The Morgan fingerprint density at radius 3 is 2.69 bits per heavy atom. The summed E-state index contributed by atoms with van der Waals surface area (Å²) in [5.41, 5.74) is 2.16. The molecular formula is C24H25FN2O2. The van der Waals surface area contributed by atoms with Gasteiger partial charge >= 0.3 is 0 Å². The van der Waals surface area contributed by atoms with E-state index < -0.39 is 0 Å². The van der Waals surface area contributed by atoms with Gasteiger partial charge in [-0.05, 0) is 47.7 Å². The molecule has 4 rings (SSSR count). The Kier molecular flexibility index (Phi) is 6.06. The Labute approximate surface area is 170 Å². The van der Waals surface area contributed by atoms with Gasteiger partial charge in [0.15, 0.2) is 0 Å². The molecule has 150 valence electrons. The van der Waals surface area contributed by atoms with E-state index in [-0.39, 0.29) is 23.6 Å². The fourth-order valence-corrected chi connectivity index (χ4v) is 4.10. The van der Waals surface area contributed by atoms with Crippen LogP contribution in [0.3, 0.4) is 0 Å². The molecule has 1 amide bonds. The number of hydrogen-bond donors (Lipinski definition) is 1. The molecule has 2 atom stereocenters. The minimum Gasteiger partial charge on any atom is -0.467 e. The number of rotatable bonds is 6. The SMILES string of the molecule is O=C(NCc1ccco1)C1CC(c2ccccc2)CN(Cc2cccc(F)c2)C1. The molecule has 1 saturated heterocycles. The van der Waals surface area contributed by atoms with Crippen LogP contribution in [0.25, 0.3) is 0 Å². The molecule has 0 saturated carbocycles. The maximum absolute atomic E-state index is 13.6. The molecule has 1 N–H and O–H groups in total. The van der Waals surface area contributed by atoms with Gasteiger partial charge in [0, 0.05) is 19.6 Å². The van der Waals surface area contributed by atoms with Crippen LogP contribution in [0.15, 0.2) is 77.4 Å².